The molecule has 0 aliphatic heterocycles. The van der Waals surface area contributed by atoms with Gasteiger partial charge in [-0.15, -0.1) is 0 Å². The quantitative estimate of drug-likeness (QED) is 0.803. The zero-order valence-corrected chi connectivity index (χ0v) is 11.8. The Hall–Kier alpha value is -2.41. The van der Waals surface area contributed by atoms with E-state index in [9.17, 15) is 14.3 Å². The number of nitrogens with zero attached hydrogens (tertiary/aromatic N) is 2. The first kappa shape index (κ1) is 15.0. The van der Waals surface area contributed by atoms with Crippen molar-refractivity contribution in [3.63, 3.8) is 0 Å². The first-order chi connectivity index (χ1) is 9.95. The van der Waals surface area contributed by atoms with E-state index in [4.69, 9.17) is 0 Å². The van der Waals surface area contributed by atoms with Gasteiger partial charge >= 0.3 is 6.03 Å². The van der Waals surface area contributed by atoms with Crippen molar-refractivity contribution in [1.82, 2.24) is 15.1 Å². The maximum atomic E-state index is 12.8. The molecule has 0 aliphatic carbocycles. The number of anilines is 1. The minimum absolute atomic E-state index is 0.0221. The van der Waals surface area contributed by atoms with E-state index in [0.717, 1.165) is 5.69 Å². The van der Waals surface area contributed by atoms with E-state index >= 15 is 0 Å². The Balaban J connectivity index is 1.86. The summed E-state index contributed by atoms with van der Waals surface area (Å²) in [5.74, 6) is 0.185. The molecule has 0 saturated carbocycles. The highest BCUT2D eigenvalue weighted by Gasteiger charge is 2.11. The van der Waals surface area contributed by atoms with Gasteiger partial charge in [-0.25, -0.2) is 9.18 Å². The predicted octanol–water partition coefficient (Wildman–Crippen LogP) is 1.72. The number of carbonyl (C=O) groups is 1. The van der Waals surface area contributed by atoms with Gasteiger partial charge in [-0.2, -0.15) is 5.10 Å². The highest BCUT2D eigenvalue weighted by Crippen LogP contribution is 2.12. The number of aryl methyl sites for hydroxylation is 2. The summed E-state index contributed by atoms with van der Waals surface area (Å²) in [5.41, 5.74) is 1.33. The van der Waals surface area contributed by atoms with Gasteiger partial charge in [0.05, 0.1) is 11.8 Å². The number of urea groups is 1. The topological polar surface area (TPSA) is 79.2 Å². The summed E-state index contributed by atoms with van der Waals surface area (Å²) in [5, 5.41) is 19.2. The second kappa shape index (κ2) is 6.36. The summed E-state index contributed by atoms with van der Waals surface area (Å²) in [7, 11) is 1.72. The summed E-state index contributed by atoms with van der Waals surface area (Å²) in [6.45, 7) is 1.84. The smallest absolute Gasteiger partial charge is 0.320 e. The molecule has 0 unspecified atom stereocenters. The van der Waals surface area contributed by atoms with E-state index in [-0.39, 0.29) is 12.4 Å². The van der Waals surface area contributed by atoms with E-state index in [1.54, 1.807) is 17.8 Å². The van der Waals surface area contributed by atoms with Crippen LogP contribution >= 0.6 is 0 Å². The van der Waals surface area contributed by atoms with E-state index in [0.29, 0.717) is 11.4 Å². The van der Waals surface area contributed by atoms with Gasteiger partial charge in [0, 0.05) is 19.7 Å². The number of aliphatic hydroxyl groups excluding tert-OH is 1. The van der Waals surface area contributed by atoms with Crippen LogP contribution in [0.5, 0.6) is 0 Å². The Morgan fingerprint density at radius 3 is 2.67 bits per heavy atom. The summed E-state index contributed by atoms with van der Waals surface area (Å²) in [6, 6.07) is 6.76. The number of amides is 2. The molecule has 0 saturated heterocycles. The highest BCUT2D eigenvalue weighted by atomic mass is 19.1. The molecular weight excluding hydrogens is 275 g/mol. The van der Waals surface area contributed by atoms with Gasteiger partial charge in [0.1, 0.15) is 11.6 Å². The van der Waals surface area contributed by atoms with Crippen LogP contribution in [0.15, 0.2) is 30.3 Å². The molecule has 0 radical (unpaired) electrons. The SMILES string of the molecule is Cc1cc(NC(=O)NC[C@@H](O)c2ccc(F)cc2)n(C)n1. The first-order valence-corrected chi connectivity index (χ1v) is 6.44. The Morgan fingerprint density at radius 1 is 1.43 bits per heavy atom. The Kier molecular flexibility index (Phi) is 4.54. The van der Waals surface area contributed by atoms with Crippen LogP contribution in [0.25, 0.3) is 0 Å². The van der Waals surface area contributed by atoms with Crippen molar-refractivity contribution < 1.29 is 14.3 Å². The Bertz CT molecular complexity index is 624. The molecule has 0 spiro atoms. The summed E-state index contributed by atoms with van der Waals surface area (Å²) >= 11 is 0. The van der Waals surface area contributed by atoms with Crippen molar-refractivity contribution in [2.45, 2.75) is 13.0 Å². The van der Waals surface area contributed by atoms with Crippen LogP contribution < -0.4 is 10.6 Å². The van der Waals surface area contributed by atoms with Crippen molar-refractivity contribution >= 4 is 11.8 Å². The van der Waals surface area contributed by atoms with Gasteiger partial charge in [-0.1, -0.05) is 12.1 Å². The number of halogens is 1. The van der Waals surface area contributed by atoms with Crippen LogP contribution in [0.3, 0.4) is 0 Å². The van der Waals surface area contributed by atoms with Gasteiger partial charge < -0.3 is 10.4 Å². The fourth-order valence-corrected chi connectivity index (χ4v) is 1.88. The lowest BCUT2D eigenvalue weighted by molar-refractivity contribution is 0.175. The molecule has 0 fully saturated rings. The molecule has 2 amide bonds. The van der Waals surface area contributed by atoms with E-state index in [1.807, 2.05) is 6.92 Å². The average molecular weight is 292 g/mol. The number of nitrogens with one attached hydrogen (secondary N) is 2. The largest absolute Gasteiger partial charge is 0.387 e. The van der Waals surface area contributed by atoms with E-state index in [2.05, 4.69) is 15.7 Å². The molecule has 3 N–H and O–H groups in total. The van der Waals surface area contributed by atoms with Crippen LogP contribution in [0.2, 0.25) is 0 Å². The molecule has 1 aromatic carbocycles. The number of aromatic nitrogens is 2. The fraction of sp³-hybridized carbons (Fsp3) is 0.286. The van der Waals surface area contributed by atoms with Gasteiger partial charge in [-0.05, 0) is 24.6 Å². The number of aliphatic hydroxyl groups is 1. The maximum Gasteiger partial charge on any atom is 0.320 e. The monoisotopic (exact) mass is 292 g/mol. The van der Waals surface area contributed by atoms with Crippen LogP contribution in [0.1, 0.15) is 17.4 Å². The molecule has 6 nitrogen and oxygen atoms in total. The molecule has 1 atom stereocenters. The van der Waals surface area contributed by atoms with Crippen LogP contribution in [-0.4, -0.2) is 27.5 Å². The van der Waals surface area contributed by atoms with Gasteiger partial charge in [0.15, 0.2) is 0 Å². The van der Waals surface area contributed by atoms with Crippen molar-refractivity contribution in [1.29, 1.82) is 0 Å². The number of hydrogen-bond acceptors (Lipinski definition) is 3. The van der Waals surface area contributed by atoms with Crippen molar-refractivity contribution in [3.8, 4) is 0 Å². The molecule has 2 rings (SSSR count). The zero-order valence-electron chi connectivity index (χ0n) is 11.8. The lowest BCUT2D eigenvalue weighted by atomic mass is 10.1. The van der Waals surface area contributed by atoms with Crippen molar-refractivity contribution in [2.75, 3.05) is 11.9 Å². The minimum Gasteiger partial charge on any atom is -0.387 e. The lowest BCUT2D eigenvalue weighted by Gasteiger charge is -2.13. The molecule has 7 heteroatoms. The summed E-state index contributed by atoms with van der Waals surface area (Å²) in [4.78, 5) is 11.7. The average Bonchev–Trinajstić information content (AvgIpc) is 2.75. The third-order valence-electron chi connectivity index (χ3n) is 2.95. The third kappa shape index (κ3) is 4.03. The number of rotatable bonds is 4. The van der Waals surface area contributed by atoms with Crippen molar-refractivity contribution in [3.05, 3.63) is 47.4 Å². The predicted molar refractivity (Wildman–Crippen MR) is 76.3 cm³/mol. The Morgan fingerprint density at radius 2 is 2.10 bits per heavy atom. The fourth-order valence-electron chi connectivity index (χ4n) is 1.88. The molecule has 1 aromatic heterocycles. The van der Waals surface area contributed by atoms with Crippen LogP contribution in [-0.2, 0) is 7.05 Å². The minimum atomic E-state index is -0.898. The molecular formula is C14H17FN4O2. The van der Waals surface area contributed by atoms with Gasteiger partial charge in [0.2, 0.25) is 0 Å². The standard InChI is InChI=1S/C14H17FN4O2/c1-9-7-13(19(2)18-9)17-14(21)16-8-12(20)10-3-5-11(15)6-4-10/h3-7,12,20H,8H2,1-2H3,(H2,16,17,21)/t12-/m1/s1. The van der Waals surface area contributed by atoms with E-state index in [1.165, 1.54) is 24.3 Å². The number of carbonyl (C=O) groups excluding carboxylic acids is 1. The highest BCUT2D eigenvalue weighted by molar-refractivity contribution is 5.88. The molecule has 2 aromatic rings. The molecule has 1 heterocycles. The second-order valence-corrected chi connectivity index (χ2v) is 4.70. The van der Waals surface area contributed by atoms with E-state index < -0.39 is 12.1 Å². The molecule has 0 bridgehead atoms. The first-order valence-electron chi connectivity index (χ1n) is 6.44. The molecule has 0 aliphatic rings. The summed E-state index contributed by atoms with van der Waals surface area (Å²) in [6.07, 6.45) is -0.898. The number of benzene rings is 1. The molecule has 21 heavy (non-hydrogen) atoms. The van der Waals surface area contributed by atoms with Crippen molar-refractivity contribution in [2.24, 2.45) is 7.05 Å². The maximum absolute atomic E-state index is 12.8. The zero-order chi connectivity index (χ0) is 15.4. The number of hydrogen-bond donors (Lipinski definition) is 3. The molecule has 112 valence electrons. The Labute approximate surface area is 121 Å². The lowest BCUT2D eigenvalue weighted by Crippen LogP contribution is -2.33. The van der Waals surface area contributed by atoms with Gasteiger partial charge in [0.25, 0.3) is 0 Å². The van der Waals surface area contributed by atoms with Gasteiger partial charge in [-0.3, -0.25) is 10.00 Å². The third-order valence-corrected chi connectivity index (χ3v) is 2.95. The van der Waals surface area contributed by atoms with Crippen LogP contribution in [0.4, 0.5) is 15.0 Å². The summed E-state index contributed by atoms with van der Waals surface area (Å²) < 4.78 is 14.3. The normalized spacial score (nSPS) is 12.0. The van der Waals surface area contributed by atoms with Crippen LogP contribution in [0, 0.1) is 12.7 Å². The second-order valence-electron chi connectivity index (χ2n) is 4.70.